The first kappa shape index (κ1) is 21.7. The Hall–Kier alpha value is -3.16. The van der Waals surface area contributed by atoms with Gasteiger partial charge in [0.25, 0.3) is 15.9 Å². The van der Waals surface area contributed by atoms with Gasteiger partial charge in [0.2, 0.25) is 0 Å². The standard InChI is InChI=1S/C26H26N2O4S/c1-19-2-9-24(10-3-19)33(30,31)28-13-12-23-18-22(8-11-25(23)28)20-4-6-21(7-5-20)26(29)27-14-16-32-17-15-27/h2-11,18H,12-17H2,1H3. The van der Waals surface area contributed by atoms with E-state index in [-0.39, 0.29) is 5.91 Å². The fourth-order valence-corrected chi connectivity index (χ4v) is 5.90. The van der Waals surface area contributed by atoms with E-state index in [1.54, 1.807) is 12.1 Å². The molecule has 5 rings (SSSR count). The lowest BCUT2D eigenvalue weighted by Gasteiger charge is -2.26. The molecule has 0 aromatic heterocycles. The molecule has 0 atom stereocenters. The number of hydrogen-bond acceptors (Lipinski definition) is 4. The molecule has 170 valence electrons. The monoisotopic (exact) mass is 462 g/mol. The average molecular weight is 463 g/mol. The van der Waals surface area contributed by atoms with E-state index in [0.717, 1.165) is 27.9 Å². The van der Waals surface area contributed by atoms with Crippen LogP contribution in [0.15, 0.2) is 71.6 Å². The lowest BCUT2D eigenvalue weighted by molar-refractivity contribution is 0.0303. The summed E-state index contributed by atoms with van der Waals surface area (Å²) >= 11 is 0. The van der Waals surface area contributed by atoms with Gasteiger partial charge in [-0.1, -0.05) is 35.9 Å². The van der Waals surface area contributed by atoms with E-state index in [1.807, 2.05) is 60.4 Å². The van der Waals surface area contributed by atoms with Crippen molar-refractivity contribution in [2.75, 3.05) is 37.2 Å². The van der Waals surface area contributed by atoms with Crippen molar-refractivity contribution in [3.63, 3.8) is 0 Å². The summed E-state index contributed by atoms with van der Waals surface area (Å²) in [5.74, 6) is 0.0238. The number of rotatable bonds is 4. The summed E-state index contributed by atoms with van der Waals surface area (Å²) in [7, 11) is -3.59. The molecule has 1 saturated heterocycles. The third-order valence-electron chi connectivity index (χ3n) is 6.30. The second-order valence-corrected chi connectivity index (χ2v) is 10.3. The number of amides is 1. The van der Waals surface area contributed by atoms with Crippen molar-refractivity contribution >= 4 is 21.6 Å². The highest BCUT2D eigenvalue weighted by molar-refractivity contribution is 7.92. The highest BCUT2D eigenvalue weighted by atomic mass is 32.2. The molecule has 33 heavy (non-hydrogen) atoms. The molecule has 2 aliphatic rings. The Kier molecular flexibility index (Phi) is 5.68. The predicted octanol–water partition coefficient (Wildman–Crippen LogP) is 3.89. The van der Waals surface area contributed by atoms with Crippen LogP contribution in [0.4, 0.5) is 5.69 Å². The van der Waals surface area contributed by atoms with E-state index in [1.165, 1.54) is 4.31 Å². The summed E-state index contributed by atoms with van der Waals surface area (Å²) in [6.45, 7) is 4.77. The van der Waals surface area contributed by atoms with Gasteiger partial charge in [0, 0.05) is 25.2 Å². The van der Waals surface area contributed by atoms with E-state index in [9.17, 15) is 13.2 Å². The molecule has 0 radical (unpaired) electrons. The van der Waals surface area contributed by atoms with Crippen LogP contribution in [0.25, 0.3) is 11.1 Å². The number of fused-ring (bicyclic) bond motifs is 1. The molecule has 0 bridgehead atoms. The van der Waals surface area contributed by atoms with Gasteiger partial charge in [-0.05, 0) is 66.4 Å². The Labute approximate surface area is 194 Å². The molecule has 3 aromatic rings. The van der Waals surface area contributed by atoms with Crippen molar-refractivity contribution in [1.82, 2.24) is 4.90 Å². The Morgan fingerprint density at radius 1 is 0.848 bits per heavy atom. The van der Waals surface area contributed by atoms with Crippen molar-refractivity contribution < 1.29 is 17.9 Å². The molecule has 0 spiro atoms. The summed E-state index contributed by atoms with van der Waals surface area (Å²) in [5, 5.41) is 0. The van der Waals surface area contributed by atoms with Gasteiger partial charge in [0.15, 0.2) is 0 Å². The van der Waals surface area contributed by atoms with E-state index in [4.69, 9.17) is 4.74 Å². The molecular weight excluding hydrogens is 436 g/mol. The van der Waals surface area contributed by atoms with Crippen LogP contribution in [0.5, 0.6) is 0 Å². The summed E-state index contributed by atoms with van der Waals surface area (Å²) in [6, 6.07) is 20.5. The number of carbonyl (C=O) groups is 1. The van der Waals surface area contributed by atoms with E-state index in [2.05, 4.69) is 6.07 Å². The van der Waals surface area contributed by atoms with Crippen LogP contribution < -0.4 is 4.31 Å². The number of hydrogen-bond donors (Lipinski definition) is 0. The number of ether oxygens (including phenoxy) is 1. The van der Waals surface area contributed by atoms with Crippen LogP contribution in [0.3, 0.4) is 0 Å². The third kappa shape index (κ3) is 4.14. The van der Waals surface area contributed by atoms with Crippen LogP contribution in [0.1, 0.15) is 21.5 Å². The van der Waals surface area contributed by atoms with Crippen LogP contribution >= 0.6 is 0 Å². The second-order valence-electron chi connectivity index (χ2n) is 8.47. The van der Waals surface area contributed by atoms with Crippen LogP contribution in [0.2, 0.25) is 0 Å². The maximum atomic E-state index is 13.2. The fraction of sp³-hybridized carbons (Fsp3) is 0.269. The number of morpholine rings is 1. The molecule has 0 N–H and O–H groups in total. The Morgan fingerprint density at radius 3 is 2.21 bits per heavy atom. The zero-order chi connectivity index (χ0) is 23.0. The SMILES string of the molecule is Cc1ccc(S(=O)(=O)N2CCc3cc(-c4ccc(C(=O)N5CCOCC5)cc4)ccc32)cc1. The highest BCUT2D eigenvalue weighted by Gasteiger charge is 2.31. The Balaban J connectivity index is 1.37. The van der Waals surface area contributed by atoms with Gasteiger partial charge in [-0.15, -0.1) is 0 Å². The quantitative estimate of drug-likeness (QED) is 0.590. The van der Waals surface area contributed by atoms with Gasteiger partial charge in [-0.2, -0.15) is 0 Å². The summed E-state index contributed by atoms with van der Waals surface area (Å²) in [6.07, 6.45) is 0.669. The molecule has 6 nitrogen and oxygen atoms in total. The molecule has 1 fully saturated rings. The molecular formula is C26H26N2O4S. The van der Waals surface area contributed by atoms with Crippen LogP contribution in [0, 0.1) is 6.92 Å². The maximum Gasteiger partial charge on any atom is 0.264 e. The number of nitrogens with zero attached hydrogens (tertiary/aromatic N) is 2. The zero-order valence-electron chi connectivity index (χ0n) is 18.5. The van der Waals surface area contributed by atoms with Crippen molar-refractivity contribution in [2.45, 2.75) is 18.2 Å². The van der Waals surface area contributed by atoms with Crippen molar-refractivity contribution in [3.05, 3.63) is 83.4 Å². The number of anilines is 1. The molecule has 3 aromatic carbocycles. The van der Waals surface area contributed by atoms with Crippen molar-refractivity contribution in [1.29, 1.82) is 0 Å². The van der Waals surface area contributed by atoms with Gasteiger partial charge in [0.05, 0.1) is 23.8 Å². The van der Waals surface area contributed by atoms with E-state index < -0.39 is 10.0 Å². The fourth-order valence-electron chi connectivity index (χ4n) is 4.39. The van der Waals surface area contributed by atoms with Gasteiger partial charge < -0.3 is 9.64 Å². The molecule has 7 heteroatoms. The second kappa shape index (κ2) is 8.65. The van der Waals surface area contributed by atoms with Gasteiger partial charge in [-0.25, -0.2) is 8.42 Å². The Bertz CT molecular complexity index is 1280. The average Bonchev–Trinajstić information content (AvgIpc) is 3.29. The first-order valence-corrected chi connectivity index (χ1v) is 12.6. The molecule has 2 aliphatic heterocycles. The molecule has 0 unspecified atom stereocenters. The number of sulfonamides is 1. The normalized spacial score (nSPS) is 16.0. The lowest BCUT2D eigenvalue weighted by atomic mass is 10.0. The van der Waals surface area contributed by atoms with Crippen molar-refractivity contribution in [2.24, 2.45) is 0 Å². The first-order chi connectivity index (χ1) is 15.9. The van der Waals surface area contributed by atoms with E-state index >= 15 is 0 Å². The van der Waals surface area contributed by atoms with Crippen LogP contribution in [-0.4, -0.2) is 52.1 Å². The van der Waals surface area contributed by atoms with Gasteiger partial charge in [-0.3, -0.25) is 9.10 Å². The lowest BCUT2D eigenvalue weighted by Crippen LogP contribution is -2.40. The highest BCUT2D eigenvalue weighted by Crippen LogP contribution is 2.36. The van der Waals surface area contributed by atoms with Crippen molar-refractivity contribution in [3.8, 4) is 11.1 Å². The smallest absolute Gasteiger partial charge is 0.264 e. The topological polar surface area (TPSA) is 66.9 Å². The summed E-state index contributed by atoms with van der Waals surface area (Å²) in [5.41, 5.74) is 5.44. The predicted molar refractivity (Wildman–Crippen MR) is 128 cm³/mol. The van der Waals surface area contributed by atoms with Gasteiger partial charge in [0.1, 0.15) is 0 Å². The number of carbonyl (C=O) groups excluding carboxylic acids is 1. The zero-order valence-corrected chi connectivity index (χ0v) is 19.3. The first-order valence-electron chi connectivity index (χ1n) is 11.1. The minimum Gasteiger partial charge on any atom is -0.378 e. The maximum absolute atomic E-state index is 13.2. The largest absolute Gasteiger partial charge is 0.378 e. The third-order valence-corrected chi connectivity index (χ3v) is 8.13. The molecule has 1 amide bonds. The molecule has 0 aliphatic carbocycles. The number of benzene rings is 3. The van der Waals surface area contributed by atoms with Crippen LogP contribution in [-0.2, 0) is 21.2 Å². The van der Waals surface area contributed by atoms with Gasteiger partial charge >= 0.3 is 0 Å². The molecule has 2 heterocycles. The summed E-state index contributed by atoms with van der Waals surface area (Å²) in [4.78, 5) is 14.8. The minimum absolute atomic E-state index is 0.0238. The van der Waals surface area contributed by atoms with E-state index in [0.29, 0.717) is 49.7 Å². The number of aryl methyl sites for hydroxylation is 1. The summed E-state index contributed by atoms with van der Waals surface area (Å²) < 4.78 is 33.2. The molecule has 0 saturated carbocycles. The Morgan fingerprint density at radius 2 is 1.52 bits per heavy atom. The minimum atomic E-state index is -3.59.